The molecule has 1 saturated heterocycles. The van der Waals surface area contributed by atoms with E-state index in [1.807, 2.05) is 0 Å². The fraction of sp³-hybridized carbons (Fsp3) is 0.542. The molecule has 0 unspecified atom stereocenters. The third-order valence-electron chi connectivity index (χ3n) is 7.55. The lowest BCUT2D eigenvalue weighted by Gasteiger charge is -2.58. The Morgan fingerprint density at radius 2 is 1.70 bits per heavy atom. The predicted octanol–water partition coefficient (Wildman–Crippen LogP) is 4.31. The van der Waals surface area contributed by atoms with Crippen LogP contribution < -0.4 is 5.73 Å². The number of carbonyl (C=O) groups excluding carboxylic acids is 1. The van der Waals surface area contributed by atoms with E-state index in [0.29, 0.717) is 17.2 Å². The van der Waals surface area contributed by atoms with Gasteiger partial charge in [-0.2, -0.15) is 0 Å². The van der Waals surface area contributed by atoms with Gasteiger partial charge in [-0.3, -0.25) is 4.79 Å². The van der Waals surface area contributed by atoms with Crippen LogP contribution in [0.1, 0.15) is 50.0 Å². The van der Waals surface area contributed by atoms with Crippen molar-refractivity contribution in [3.05, 3.63) is 48.0 Å². The molecule has 1 aliphatic heterocycles. The van der Waals surface area contributed by atoms with Gasteiger partial charge in [0.05, 0.1) is 0 Å². The van der Waals surface area contributed by atoms with Crippen molar-refractivity contribution in [3.8, 4) is 0 Å². The molecule has 2 N–H and O–H groups in total. The molecule has 2 aliphatic carbocycles. The molecule has 0 aromatic heterocycles. The smallest absolute Gasteiger partial charge is 0.225 e. The van der Waals surface area contributed by atoms with E-state index in [4.69, 9.17) is 5.73 Å². The molecule has 0 radical (unpaired) electrons. The van der Waals surface area contributed by atoms with E-state index in [-0.39, 0.29) is 5.92 Å². The monoisotopic (exact) mass is 362 g/mol. The molecule has 3 fully saturated rings. The van der Waals surface area contributed by atoms with Gasteiger partial charge in [-0.1, -0.05) is 42.5 Å². The van der Waals surface area contributed by atoms with E-state index < -0.39 is 0 Å². The number of likely N-dealkylation sites (tertiary alicyclic amines) is 1. The number of carbonyl (C=O) groups is 1. The Bertz CT molecular complexity index is 833. The van der Waals surface area contributed by atoms with Crippen molar-refractivity contribution >= 4 is 16.7 Å². The molecule has 1 heterocycles. The Morgan fingerprint density at radius 1 is 1.00 bits per heavy atom. The molecular formula is C24H30N2O. The first kappa shape index (κ1) is 17.2. The van der Waals surface area contributed by atoms with Crippen molar-refractivity contribution in [2.45, 2.75) is 44.4 Å². The van der Waals surface area contributed by atoms with Gasteiger partial charge >= 0.3 is 0 Å². The first-order valence-corrected chi connectivity index (χ1v) is 10.6. The summed E-state index contributed by atoms with van der Waals surface area (Å²) in [5.74, 6) is 2.01. The molecule has 2 aromatic rings. The number of hydrogen-bond acceptors (Lipinski definition) is 2. The Labute approximate surface area is 161 Å². The zero-order valence-electron chi connectivity index (χ0n) is 16.1. The molecule has 142 valence electrons. The van der Waals surface area contributed by atoms with Crippen LogP contribution in [0.25, 0.3) is 10.8 Å². The van der Waals surface area contributed by atoms with E-state index in [1.165, 1.54) is 29.2 Å². The number of nitrogens with two attached hydrogens (primary N) is 1. The normalized spacial score (nSPS) is 30.9. The van der Waals surface area contributed by atoms with Crippen molar-refractivity contribution < 1.29 is 4.79 Å². The van der Waals surface area contributed by atoms with E-state index in [2.05, 4.69) is 47.4 Å². The second kappa shape index (κ2) is 6.63. The van der Waals surface area contributed by atoms with Crippen LogP contribution in [-0.2, 0) is 4.79 Å². The van der Waals surface area contributed by atoms with Crippen LogP contribution in [0.15, 0.2) is 42.5 Å². The van der Waals surface area contributed by atoms with Crippen molar-refractivity contribution in [1.29, 1.82) is 0 Å². The first-order valence-electron chi connectivity index (χ1n) is 10.6. The summed E-state index contributed by atoms with van der Waals surface area (Å²) in [6.07, 6.45) is 6.93. The lowest BCUT2D eigenvalue weighted by atomic mass is 9.48. The van der Waals surface area contributed by atoms with Gasteiger partial charge in [-0.25, -0.2) is 0 Å². The Morgan fingerprint density at radius 3 is 2.44 bits per heavy atom. The summed E-state index contributed by atoms with van der Waals surface area (Å²) in [6, 6.07) is 15.3. The Hall–Kier alpha value is -1.87. The molecule has 3 aliphatic rings. The second-order valence-electron chi connectivity index (χ2n) is 9.28. The SMILES string of the molecule is NCC1CC2(C1)CC(C(=O)N1CCC(c3cccc4ccccc34)CC1)C2. The Kier molecular flexibility index (Phi) is 4.23. The number of nitrogens with zero attached hydrogens (tertiary/aromatic N) is 1. The third kappa shape index (κ3) is 2.97. The van der Waals surface area contributed by atoms with Gasteiger partial charge in [0, 0.05) is 19.0 Å². The molecule has 27 heavy (non-hydrogen) atoms. The summed E-state index contributed by atoms with van der Waals surface area (Å²) < 4.78 is 0. The van der Waals surface area contributed by atoms with E-state index in [1.54, 1.807) is 0 Å². The van der Waals surface area contributed by atoms with Gasteiger partial charge in [0.25, 0.3) is 0 Å². The number of fused-ring (bicyclic) bond motifs is 1. The summed E-state index contributed by atoms with van der Waals surface area (Å²) in [6.45, 7) is 2.66. The largest absolute Gasteiger partial charge is 0.342 e. The van der Waals surface area contributed by atoms with E-state index >= 15 is 0 Å². The summed E-state index contributed by atoms with van der Waals surface area (Å²) in [7, 11) is 0. The van der Waals surface area contributed by atoms with Gasteiger partial charge in [0.15, 0.2) is 0 Å². The van der Waals surface area contributed by atoms with Crippen LogP contribution in [0.4, 0.5) is 0 Å². The topological polar surface area (TPSA) is 46.3 Å². The molecule has 0 bridgehead atoms. The predicted molar refractivity (Wildman–Crippen MR) is 109 cm³/mol. The summed E-state index contributed by atoms with van der Waals surface area (Å²) in [5.41, 5.74) is 7.72. The average molecular weight is 363 g/mol. The number of amides is 1. The maximum atomic E-state index is 12.9. The van der Waals surface area contributed by atoms with Crippen LogP contribution in [0.2, 0.25) is 0 Å². The second-order valence-corrected chi connectivity index (χ2v) is 9.28. The summed E-state index contributed by atoms with van der Waals surface area (Å²) in [4.78, 5) is 15.1. The van der Waals surface area contributed by atoms with Crippen LogP contribution >= 0.6 is 0 Å². The lowest BCUT2D eigenvalue weighted by Crippen LogP contribution is -2.54. The zero-order valence-corrected chi connectivity index (χ0v) is 16.1. The maximum absolute atomic E-state index is 12.9. The standard InChI is InChI=1S/C24H30N2O/c25-16-17-12-24(13-17)14-20(15-24)23(27)26-10-8-19(9-11-26)22-7-3-5-18-4-1-2-6-21(18)22/h1-7,17,19-20H,8-16,25H2. The molecule has 3 heteroatoms. The number of hydrogen-bond donors (Lipinski definition) is 1. The number of piperidine rings is 1. The number of rotatable bonds is 3. The Balaban J connectivity index is 1.19. The molecule has 2 saturated carbocycles. The molecule has 3 nitrogen and oxygen atoms in total. The van der Waals surface area contributed by atoms with E-state index in [0.717, 1.165) is 51.2 Å². The third-order valence-corrected chi connectivity index (χ3v) is 7.55. The zero-order chi connectivity index (χ0) is 18.4. The highest BCUT2D eigenvalue weighted by molar-refractivity contribution is 5.86. The minimum Gasteiger partial charge on any atom is -0.342 e. The average Bonchev–Trinajstić information content (AvgIpc) is 2.65. The highest BCUT2D eigenvalue weighted by atomic mass is 16.2. The van der Waals surface area contributed by atoms with E-state index in [9.17, 15) is 4.79 Å². The summed E-state index contributed by atoms with van der Waals surface area (Å²) >= 11 is 0. The summed E-state index contributed by atoms with van der Waals surface area (Å²) in [5, 5.41) is 2.70. The molecular weight excluding hydrogens is 332 g/mol. The van der Waals surface area contributed by atoms with Gasteiger partial charge in [0.1, 0.15) is 0 Å². The lowest BCUT2D eigenvalue weighted by molar-refractivity contribution is -0.152. The van der Waals surface area contributed by atoms with Crippen molar-refractivity contribution in [2.24, 2.45) is 23.0 Å². The highest BCUT2D eigenvalue weighted by Gasteiger charge is 2.54. The van der Waals surface area contributed by atoms with Gasteiger partial charge in [0.2, 0.25) is 5.91 Å². The van der Waals surface area contributed by atoms with Crippen LogP contribution in [-0.4, -0.2) is 30.4 Å². The number of benzene rings is 2. The van der Waals surface area contributed by atoms with Crippen LogP contribution in [0.3, 0.4) is 0 Å². The minimum absolute atomic E-state index is 0.290. The molecule has 1 amide bonds. The molecule has 0 atom stereocenters. The van der Waals surface area contributed by atoms with Crippen molar-refractivity contribution in [1.82, 2.24) is 4.90 Å². The highest BCUT2D eigenvalue weighted by Crippen LogP contribution is 2.61. The van der Waals surface area contributed by atoms with Gasteiger partial charge < -0.3 is 10.6 Å². The van der Waals surface area contributed by atoms with Gasteiger partial charge in [-0.15, -0.1) is 0 Å². The molecule has 5 rings (SSSR count). The maximum Gasteiger partial charge on any atom is 0.225 e. The van der Waals surface area contributed by atoms with Crippen molar-refractivity contribution in [2.75, 3.05) is 19.6 Å². The minimum atomic E-state index is 0.290. The van der Waals surface area contributed by atoms with Gasteiger partial charge in [-0.05, 0) is 78.7 Å². The molecule has 1 spiro atoms. The first-order chi connectivity index (χ1) is 13.2. The van der Waals surface area contributed by atoms with Crippen molar-refractivity contribution in [3.63, 3.8) is 0 Å². The quantitative estimate of drug-likeness (QED) is 0.884. The molecule has 2 aromatic carbocycles. The van der Waals surface area contributed by atoms with Crippen LogP contribution in [0.5, 0.6) is 0 Å². The van der Waals surface area contributed by atoms with Crippen LogP contribution in [0, 0.1) is 17.3 Å². The fourth-order valence-corrected chi connectivity index (χ4v) is 6.10. The fourth-order valence-electron chi connectivity index (χ4n) is 6.10.